The van der Waals surface area contributed by atoms with Crippen LogP contribution in [-0.2, 0) is 6.18 Å². The van der Waals surface area contributed by atoms with Crippen LogP contribution in [0.4, 0.5) is 18.9 Å². The van der Waals surface area contributed by atoms with E-state index in [1.807, 2.05) is 4.90 Å². The molecule has 0 amide bonds. The third-order valence-electron chi connectivity index (χ3n) is 3.95. The third kappa shape index (κ3) is 2.73. The molecular weight excluding hydrogens is 267 g/mol. The zero-order chi connectivity index (χ0) is 15.1. The first-order chi connectivity index (χ1) is 9.20. The SMILES string of the molecule is CC1CN(c2ccc(C(F)(F)F)c(C(=N)N)c2)CC1C. The fourth-order valence-electron chi connectivity index (χ4n) is 2.54. The first-order valence-electron chi connectivity index (χ1n) is 6.50. The topological polar surface area (TPSA) is 53.1 Å². The summed E-state index contributed by atoms with van der Waals surface area (Å²) in [6.45, 7) is 5.87. The minimum Gasteiger partial charge on any atom is -0.384 e. The number of hydrogen-bond acceptors (Lipinski definition) is 2. The second-order valence-electron chi connectivity index (χ2n) is 5.50. The summed E-state index contributed by atoms with van der Waals surface area (Å²) in [5, 5.41) is 7.36. The summed E-state index contributed by atoms with van der Waals surface area (Å²) in [6, 6.07) is 3.84. The predicted molar refractivity (Wildman–Crippen MR) is 73.0 cm³/mol. The van der Waals surface area contributed by atoms with Crippen LogP contribution in [0.1, 0.15) is 25.0 Å². The maximum atomic E-state index is 12.9. The molecule has 0 saturated carbocycles. The predicted octanol–water partition coefficient (Wildman–Crippen LogP) is 3.08. The van der Waals surface area contributed by atoms with Gasteiger partial charge in [-0.15, -0.1) is 0 Å². The summed E-state index contributed by atoms with van der Waals surface area (Å²) in [7, 11) is 0. The van der Waals surface area contributed by atoms with Crippen LogP contribution < -0.4 is 10.6 Å². The number of halogens is 3. The highest BCUT2D eigenvalue weighted by Gasteiger charge is 2.35. The van der Waals surface area contributed by atoms with Gasteiger partial charge in [-0.2, -0.15) is 13.2 Å². The summed E-state index contributed by atoms with van der Waals surface area (Å²) in [5.74, 6) is 0.440. The Labute approximate surface area is 116 Å². The number of hydrogen-bond donors (Lipinski definition) is 2. The van der Waals surface area contributed by atoms with Crippen molar-refractivity contribution in [2.75, 3.05) is 18.0 Å². The summed E-state index contributed by atoms with van der Waals surface area (Å²) in [5.41, 5.74) is 4.89. The standard InChI is InChI=1S/C14H18F3N3/c1-8-6-20(7-9(8)2)10-3-4-12(14(15,16)17)11(5-10)13(18)19/h3-5,8-9H,6-7H2,1-2H3,(H3,18,19). The van der Waals surface area contributed by atoms with Crippen molar-refractivity contribution in [3.8, 4) is 0 Å². The summed E-state index contributed by atoms with van der Waals surface area (Å²) in [6.07, 6.45) is -4.49. The normalized spacial score (nSPS) is 23.1. The van der Waals surface area contributed by atoms with E-state index in [1.54, 1.807) is 0 Å². The van der Waals surface area contributed by atoms with Gasteiger partial charge in [0.2, 0.25) is 0 Å². The number of nitrogen functional groups attached to an aromatic ring is 1. The quantitative estimate of drug-likeness (QED) is 0.648. The lowest BCUT2D eigenvalue weighted by Gasteiger charge is -2.21. The molecule has 1 aliphatic rings. The lowest BCUT2D eigenvalue weighted by atomic mass is 10.0. The van der Waals surface area contributed by atoms with Gasteiger partial charge < -0.3 is 10.6 Å². The molecule has 1 heterocycles. The zero-order valence-electron chi connectivity index (χ0n) is 11.5. The van der Waals surface area contributed by atoms with Gasteiger partial charge >= 0.3 is 6.18 Å². The van der Waals surface area contributed by atoms with Crippen LogP contribution in [0, 0.1) is 17.2 Å². The summed E-state index contributed by atoms with van der Waals surface area (Å²) < 4.78 is 38.6. The number of rotatable bonds is 2. The highest BCUT2D eigenvalue weighted by molar-refractivity contribution is 5.97. The maximum Gasteiger partial charge on any atom is 0.417 e. The molecule has 1 aliphatic heterocycles. The molecule has 0 spiro atoms. The molecule has 1 saturated heterocycles. The smallest absolute Gasteiger partial charge is 0.384 e. The Kier molecular flexibility index (Phi) is 3.67. The Hall–Kier alpha value is -1.72. The van der Waals surface area contributed by atoms with Crippen molar-refractivity contribution >= 4 is 11.5 Å². The van der Waals surface area contributed by atoms with Gasteiger partial charge in [0.1, 0.15) is 5.84 Å². The van der Waals surface area contributed by atoms with E-state index >= 15 is 0 Å². The van der Waals surface area contributed by atoms with Gasteiger partial charge in [-0.3, -0.25) is 5.41 Å². The van der Waals surface area contributed by atoms with Gasteiger partial charge in [0.05, 0.1) is 5.56 Å². The van der Waals surface area contributed by atoms with Gasteiger partial charge in [0, 0.05) is 24.3 Å². The van der Waals surface area contributed by atoms with Crippen molar-refractivity contribution < 1.29 is 13.2 Å². The van der Waals surface area contributed by atoms with Crippen molar-refractivity contribution in [1.29, 1.82) is 5.41 Å². The number of nitrogens with one attached hydrogen (secondary N) is 1. The van der Waals surface area contributed by atoms with E-state index in [9.17, 15) is 13.2 Å². The molecule has 3 N–H and O–H groups in total. The van der Waals surface area contributed by atoms with E-state index in [0.29, 0.717) is 17.5 Å². The van der Waals surface area contributed by atoms with E-state index in [-0.39, 0.29) is 5.56 Å². The van der Waals surface area contributed by atoms with Crippen molar-refractivity contribution in [2.45, 2.75) is 20.0 Å². The second-order valence-corrected chi connectivity index (χ2v) is 5.50. The Balaban J connectivity index is 2.39. The van der Waals surface area contributed by atoms with E-state index in [2.05, 4.69) is 13.8 Å². The molecule has 1 aromatic carbocycles. The van der Waals surface area contributed by atoms with Crippen LogP contribution in [0.2, 0.25) is 0 Å². The monoisotopic (exact) mass is 285 g/mol. The molecule has 2 unspecified atom stereocenters. The molecule has 1 aromatic rings. The van der Waals surface area contributed by atoms with Crippen molar-refractivity contribution in [2.24, 2.45) is 17.6 Å². The molecule has 2 atom stereocenters. The average Bonchev–Trinajstić information content (AvgIpc) is 2.67. The van der Waals surface area contributed by atoms with E-state index < -0.39 is 17.6 Å². The number of nitrogens with zero attached hydrogens (tertiary/aromatic N) is 1. The minimum absolute atomic E-state index is 0.248. The Bertz CT molecular complexity index is 515. The molecule has 110 valence electrons. The lowest BCUT2D eigenvalue weighted by molar-refractivity contribution is -0.137. The number of benzene rings is 1. The largest absolute Gasteiger partial charge is 0.417 e. The van der Waals surface area contributed by atoms with E-state index in [0.717, 1.165) is 19.2 Å². The van der Waals surface area contributed by atoms with Crippen LogP contribution in [-0.4, -0.2) is 18.9 Å². The van der Waals surface area contributed by atoms with Gasteiger partial charge in [0.15, 0.2) is 0 Å². The van der Waals surface area contributed by atoms with E-state index in [4.69, 9.17) is 11.1 Å². The number of nitrogens with two attached hydrogens (primary N) is 1. The zero-order valence-corrected chi connectivity index (χ0v) is 11.5. The van der Waals surface area contributed by atoms with Crippen LogP contribution >= 0.6 is 0 Å². The first-order valence-corrected chi connectivity index (χ1v) is 6.50. The maximum absolute atomic E-state index is 12.9. The molecule has 0 aliphatic carbocycles. The number of alkyl halides is 3. The molecule has 0 aromatic heterocycles. The van der Waals surface area contributed by atoms with Crippen LogP contribution in [0.25, 0.3) is 0 Å². The number of amidine groups is 1. The fourth-order valence-corrected chi connectivity index (χ4v) is 2.54. The Morgan fingerprint density at radius 1 is 1.25 bits per heavy atom. The summed E-state index contributed by atoms with van der Waals surface area (Å²) in [4.78, 5) is 2.04. The van der Waals surface area contributed by atoms with Crippen LogP contribution in [0.5, 0.6) is 0 Å². The molecule has 6 heteroatoms. The molecule has 0 bridgehead atoms. The highest BCUT2D eigenvalue weighted by atomic mass is 19.4. The molecule has 0 radical (unpaired) electrons. The molecular formula is C14H18F3N3. The van der Waals surface area contributed by atoms with Crippen molar-refractivity contribution in [3.63, 3.8) is 0 Å². The van der Waals surface area contributed by atoms with Crippen molar-refractivity contribution in [1.82, 2.24) is 0 Å². The molecule has 2 rings (SSSR count). The Morgan fingerprint density at radius 2 is 1.80 bits per heavy atom. The minimum atomic E-state index is -4.49. The number of anilines is 1. The molecule has 1 fully saturated rings. The highest BCUT2D eigenvalue weighted by Crippen LogP contribution is 2.35. The Morgan fingerprint density at radius 3 is 2.25 bits per heavy atom. The van der Waals surface area contributed by atoms with E-state index in [1.165, 1.54) is 12.1 Å². The van der Waals surface area contributed by atoms with Crippen LogP contribution in [0.15, 0.2) is 18.2 Å². The van der Waals surface area contributed by atoms with Gasteiger partial charge in [-0.25, -0.2) is 0 Å². The van der Waals surface area contributed by atoms with Gasteiger partial charge in [0.25, 0.3) is 0 Å². The summed E-state index contributed by atoms with van der Waals surface area (Å²) >= 11 is 0. The third-order valence-corrected chi connectivity index (χ3v) is 3.95. The molecule has 3 nitrogen and oxygen atoms in total. The molecule has 20 heavy (non-hydrogen) atoms. The van der Waals surface area contributed by atoms with Gasteiger partial charge in [-0.1, -0.05) is 13.8 Å². The second kappa shape index (κ2) is 5.00. The van der Waals surface area contributed by atoms with Crippen molar-refractivity contribution in [3.05, 3.63) is 29.3 Å². The fraction of sp³-hybridized carbons (Fsp3) is 0.500. The first kappa shape index (κ1) is 14.7. The van der Waals surface area contributed by atoms with Gasteiger partial charge in [-0.05, 0) is 30.0 Å². The lowest BCUT2D eigenvalue weighted by Crippen LogP contribution is -2.23. The van der Waals surface area contributed by atoms with Crippen LogP contribution in [0.3, 0.4) is 0 Å². The average molecular weight is 285 g/mol.